The van der Waals surface area contributed by atoms with E-state index in [1.165, 1.54) is 0 Å². The van der Waals surface area contributed by atoms with E-state index < -0.39 is 0 Å². The van der Waals surface area contributed by atoms with E-state index in [2.05, 4.69) is 27.0 Å². The second kappa shape index (κ2) is 4.09. The molecule has 0 atom stereocenters. The van der Waals surface area contributed by atoms with Crippen LogP contribution < -0.4 is 0 Å². The standard InChI is InChI=1S/C8H7BrN2/c9-7-3-4-8(11-6-7)2-1-5-10/h3-4,6H,1-2H2. The van der Waals surface area contributed by atoms with Crippen LogP contribution in [0.25, 0.3) is 0 Å². The van der Waals surface area contributed by atoms with Crippen molar-refractivity contribution in [2.24, 2.45) is 0 Å². The summed E-state index contributed by atoms with van der Waals surface area (Å²) in [5.74, 6) is 0. The Bertz CT molecular complexity index is 260. The highest BCUT2D eigenvalue weighted by molar-refractivity contribution is 9.10. The van der Waals surface area contributed by atoms with E-state index in [9.17, 15) is 0 Å². The van der Waals surface area contributed by atoms with E-state index in [0.717, 1.165) is 16.6 Å². The van der Waals surface area contributed by atoms with E-state index >= 15 is 0 Å². The molecule has 0 aliphatic rings. The minimum Gasteiger partial charge on any atom is -0.260 e. The van der Waals surface area contributed by atoms with Crippen LogP contribution in [0.2, 0.25) is 0 Å². The van der Waals surface area contributed by atoms with Crippen LogP contribution in [0.1, 0.15) is 12.1 Å². The van der Waals surface area contributed by atoms with Crippen molar-refractivity contribution in [3.63, 3.8) is 0 Å². The average molecular weight is 211 g/mol. The number of halogens is 1. The van der Waals surface area contributed by atoms with Gasteiger partial charge in [-0.1, -0.05) is 0 Å². The monoisotopic (exact) mass is 210 g/mol. The Kier molecular flexibility index (Phi) is 3.06. The van der Waals surface area contributed by atoms with Crippen molar-refractivity contribution < 1.29 is 0 Å². The van der Waals surface area contributed by atoms with Crippen LogP contribution in [-0.2, 0) is 6.42 Å². The molecule has 1 aromatic rings. The normalized spacial score (nSPS) is 9.09. The molecule has 3 heteroatoms. The van der Waals surface area contributed by atoms with Crippen LogP contribution in [0.3, 0.4) is 0 Å². The Hall–Kier alpha value is -0.880. The highest BCUT2D eigenvalue weighted by atomic mass is 79.9. The molecule has 0 spiro atoms. The zero-order chi connectivity index (χ0) is 8.10. The van der Waals surface area contributed by atoms with Crippen molar-refractivity contribution in [3.8, 4) is 6.07 Å². The summed E-state index contributed by atoms with van der Waals surface area (Å²) in [5.41, 5.74) is 0.967. The maximum atomic E-state index is 8.30. The molecule has 0 bridgehead atoms. The number of aryl methyl sites for hydroxylation is 1. The zero-order valence-electron chi connectivity index (χ0n) is 5.92. The SMILES string of the molecule is N#CCCc1ccc(Br)cn1. The van der Waals surface area contributed by atoms with E-state index in [0.29, 0.717) is 6.42 Å². The molecule has 56 valence electrons. The maximum absolute atomic E-state index is 8.30. The van der Waals surface area contributed by atoms with E-state index in [4.69, 9.17) is 5.26 Å². The van der Waals surface area contributed by atoms with Crippen molar-refractivity contribution in [1.29, 1.82) is 5.26 Å². The number of nitriles is 1. The van der Waals surface area contributed by atoms with Gasteiger partial charge in [-0.25, -0.2) is 0 Å². The molecule has 1 aromatic heterocycles. The Morgan fingerprint density at radius 2 is 2.36 bits per heavy atom. The number of rotatable bonds is 2. The van der Waals surface area contributed by atoms with Crippen molar-refractivity contribution in [3.05, 3.63) is 28.5 Å². The van der Waals surface area contributed by atoms with Gasteiger partial charge in [-0.05, 0) is 28.1 Å². The number of hydrogen-bond acceptors (Lipinski definition) is 2. The first-order chi connectivity index (χ1) is 5.33. The average Bonchev–Trinajstić information content (AvgIpc) is 2.04. The van der Waals surface area contributed by atoms with Crippen LogP contribution in [-0.4, -0.2) is 4.98 Å². The summed E-state index contributed by atoms with van der Waals surface area (Å²) >= 11 is 3.29. The Labute approximate surface area is 74.0 Å². The summed E-state index contributed by atoms with van der Waals surface area (Å²) in [7, 11) is 0. The lowest BCUT2D eigenvalue weighted by atomic mass is 10.2. The topological polar surface area (TPSA) is 36.7 Å². The van der Waals surface area contributed by atoms with Gasteiger partial charge >= 0.3 is 0 Å². The van der Waals surface area contributed by atoms with Gasteiger partial charge in [-0.15, -0.1) is 0 Å². The quantitative estimate of drug-likeness (QED) is 0.752. The van der Waals surface area contributed by atoms with E-state index in [1.807, 2.05) is 12.1 Å². The molecule has 0 saturated heterocycles. The van der Waals surface area contributed by atoms with Crippen LogP contribution in [0.15, 0.2) is 22.8 Å². The zero-order valence-corrected chi connectivity index (χ0v) is 7.50. The molecule has 2 nitrogen and oxygen atoms in total. The van der Waals surface area contributed by atoms with Crippen LogP contribution in [0.5, 0.6) is 0 Å². The molecular formula is C8H7BrN2. The molecule has 0 radical (unpaired) electrons. The molecular weight excluding hydrogens is 204 g/mol. The van der Waals surface area contributed by atoms with Crippen LogP contribution >= 0.6 is 15.9 Å². The van der Waals surface area contributed by atoms with Gasteiger partial charge in [0.2, 0.25) is 0 Å². The Morgan fingerprint density at radius 1 is 1.55 bits per heavy atom. The van der Waals surface area contributed by atoms with Gasteiger partial charge in [-0.2, -0.15) is 5.26 Å². The first-order valence-electron chi connectivity index (χ1n) is 3.30. The molecule has 0 saturated carbocycles. The van der Waals surface area contributed by atoms with Crippen LogP contribution in [0.4, 0.5) is 0 Å². The number of pyridine rings is 1. The summed E-state index contributed by atoms with van der Waals surface area (Å²) in [6.07, 6.45) is 3.02. The number of aromatic nitrogens is 1. The smallest absolute Gasteiger partial charge is 0.0625 e. The van der Waals surface area contributed by atoms with Gasteiger partial charge in [-0.3, -0.25) is 4.98 Å². The van der Waals surface area contributed by atoms with Gasteiger partial charge in [0.15, 0.2) is 0 Å². The second-order valence-corrected chi connectivity index (χ2v) is 3.04. The van der Waals surface area contributed by atoms with Gasteiger partial charge in [0.05, 0.1) is 6.07 Å². The first kappa shape index (κ1) is 8.22. The minimum absolute atomic E-state index is 0.536. The van der Waals surface area contributed by atoms with Gasteiger partial charge < -0.3 is 0 Å². The molecule has 0 aromatic carbocycles. The molecule has 0 fully saturated rings. The summed E-state index contributed by atoms with van der Waals surface area (Å²) in [5, 5.41) is 8.30. The van der Waals surface area contributed by atoms with Gasteiger partial charge in [0.1, 0.15) is 0 Å². The maximum Gasteiger partial charge on any atom is 0.0625 e. The lowest BCUT2D eigenvalue weighted by molar-refractivity contribution is 0.950. The Balaban J connectivity index is 2.60. The minimum atomic E-state index is 0.536. The van der Waals surface area contributed by atoms with Crippen molar-refractivity contribution in [2.45, 2.75) is 12.8 Å². The molecule has 1 heterocycles. The number of hydrogen-bond donors (Lipinski definition) is 0. The third kappa shape index (κ3) is 2.69. The van der Waals surface area contributed by atoms with Crippen LogP contribution in [0, 0.1) is 11.3 Å². The molecule has 0 aliphatic heterocycles. The molecule has 0 N–H and O–H groups in total. The lowest BCUT2D eigenvalue weighted by Gasteiger charge is -1.94. The van der Waals surface area contributed by atoms with E-state index in [-0.39, 0.29) is 0 Å². The molecule has 1 rings (SSSR count). The molecule has 11 heavy (non-hydrogen) atoms. The highest BCUT2D eigenvalue weighted by Gasteiger charge is 1.92. The summed E-state index contributed by atoms with van der Waals surface area (Å²) in [4.78, 5) is 4.12. The molecule has 0 unspecified atom stereocenters. The first-order valence-corrected chi connectivity index (χ1v) is 4.09. The highest BCUT2D eigenvalue weighted by Crippen LogP contribution is 2.08. The second-order valence-electron chi connectivity index (χ2n) is 2.13. The van der Waals surface area contributed by atoms with Gasteiger partial charge in [0, 0.05) is 29.2 Å². The lowest BCUT2D eigenvalue weighted by Crippen LogP contribution is -1.87. The largest absolute Gasteiger partial charge is 0.260 e. The third-order valence-corrected chi connectivity index (χ3v) is 1.75. The predicted octanol–water partition coefficient (Wildman–Crippen LogP) is 2.30. The van der Waals surface area contributed by atoms with Crippen molar-refractivity contribution >= 4 is 15.9 Å². The summed E-state index contributed by atoms with van der Waals surface area (Å²) in [6.45, 7) is 0. The molecule has 0 aliphatic carbocycles. The predicted molar refractivity (Wildman–Crippen MR) is 45.9 cm³/mol. The summed E-state index contributed by atoms with van der Waals surface area (Å²) in [6, 6.07) is 5.93. The summed E-state index contributed by atoms with van der Waals surface area (Å²) < 4.78 is 0.971. The van der Waals surface area contributed by atoms with Gasteiger partial charge in [0.25, 0.3) is 0 Å². The Morgan fingerprint density at radius 3 is 2.91 bits per heavy atom. The molecule has 0 amide bonds. The fourth-order valence-corrected chi connectivity index (χ4v) is 0.973. The fraction of sp³-hybridized carbons (Fsp3) is 0.250. The third-order valence-electron chi connectivity index (χ3n) is 1.28. The van der Waals surface area contributed by atoms with E-state index in [1.54, 1.807) is 6.20 Å². The number of nitrogens with zero attached hydrogens (tertiary/aromatic N) is 2. The van der Waals surface area contributed by atoms with Crippen molar-refractivity contribution in [2.75, 3.05) is 0 Å². The van der Waals surface area contributed by atoms with Crippen molar-refractivity contribution in [1.82, 2.24) is 4.98 Å². The fourth-order valence-electron chi connectivity index (χ4n) is 0.738.